The Kier molecular flexibility index (Phi) is 12.4. The molecule has 14 heteroatoms. The number of benzene rings is 6. The molecule has 0 aromatic heterocycles. The molecule has 13 nitrogen and oxygen atoms in total. The molecule has 0 bridgehead atoms. The zero-order valence-corrected chi connectivity index (χ0v) is 36.7. The maximum Gasteiger partial charge on any atom is 0.262 e. The summed E-state index contributed by atoms with van der Waals surface area (Å²) in [5, 5.41) is 4.04. The molecule has 0 saturated carbocycles. The first-order valence-corrected chi connectivity index (χ1v) is 23.7. The lowest BCUT2D eigenvalue weighted by atomic mass is 9.99. The zero-order valence-electron chi connectivity index (χ0n) is 35.9. The van der Waals surface area contributed by atoms with Crippen molar-refractivity contribution < 1.29 is 41.8 Å². The maximum atomic E-state index is 13.3. The number of nitrogens with zero attached hydrogens (tertiary/aromatic N) is 3. The van der Waals surface area contributed by atoms with Crippen LogP contribution in [-0.4, -0.2) is 93.5 Å². The van der Waals surface area contributed by atoms with Crippen molar-refractivity contribution in [2.45, 2.75) is 43.2 Å². The fourth-order valence-corrected chi connectivity index (χ4v) is 9.19. The summed E-state index contributed by atoms with van der Waals surface area (Å²) in [5.74, 6) is 0.699. The number of anilines is 1. The van der Waals surface area contributed by atoms with Crippen molar-refractivity contribution in [1.82, 2.24) is 15.1 Å². The molecule has 6 aromatic carbocycles. The third kappa shape index (κ3) is 9.59. The highest BCUT2D eigenvalue weighted by molar-refractivity contribution is 7.90. The SMILES string of the molecule is CS(=O)(=O)c1ccc(-c2ccc3cc(OCc4ccccc4)ccc3c2Oc2ccc(OCCCCN3CCN(c4ccc5c(c4)C(=O)N(C4CCC(=O)NC4=O)C5=O)CC3)cc2)cc1. The van der Waals surface area contributed by atoms with Crippen LogP contribution in [0.2, 0.25) is 0 Å². The summed E-state index contributed by atoms with van der Waals surface area (Å²) in [5.41, 5.74) is 4.13. The van der Waals surface area contributed by atoms with E-state index in [1.165, 1.54) is 6.26 Å². The Morgan fingerprint density at radius 3 is 2.12 bits per heavy atom. The predicted octanol–water partition coefficient (Wildman–Crippen LogP) is 7.66. The second-order valence-electron chi connectivity index (χ2n) is 16.5. The van der Waals surface area contributed by atoms with Crippen LogP contribution in [0.5, 0.6) is 23.0 Å². The molecule has 2 fully saturated rings. The molecule has 332 valence electrons. The monoisotopic (exact) mass is 892 g/mol. The minimum atomic E-state index is -3.36. The fraction of sp³-hybridized carbons (Fsp3) is 0.255. The molecular formula is C51H48N4O9S. The smallest absolute Gasteiger partial charge is 0.262 e. The summed E-state index contributed by atoms with van der Waals surface area (Å²) >= 11 is 0. The lowest BCUT2D eigenvalue weighted by Gasteiger charge is -2.36. The molecular weight excluding hydrogens is 845 g/mol. The molecule has 3 aliphatic rings. The van der Waals surface area contributed by atoms with E-state index in [-0.39, 0.29) is 28.9 Å². The van der Waals surface area contributed by atoms with Crippen LogP contribution in [0.4, 0.5) is 5.69 Å². The predicted molar refractivity (Wildman–Crippen MR) is 246 cm³/mol. The number of hydrogen-bond donors (Lipinski definition) is 1. The maximum absolute atomic E-state index is 13.3. The van der Waals surface area contributed by atoms with E-state index in [9.17, 15) is 27.6 Å². The quantitative estimate of drug-likeness (QED) is 0.0799. The number of carbonyl (C=O) groups excluding carboxylic acids is 4. The number of sulfone groups is 1. The minimum absolute atomic E-state index is 0.0813. The average Bonchev–Trinajstić information content (AvgIpc) is 3.56. The van der Waals surface area contributed by atoms with Crippen molar-refractivity contribution in [3.05, 3.63) is 144 Å². The van der Waals surface area contributed by atoms with Crippen molar-refractivity contribution in [2.75, 3.05) is 50.5 Å². The first-order valence-electron chi connectivity index (χ1n) is 21.8. The first-order chi connectivity index (χ1) is 31.5. The molecule has 0 radical (unpaired) electrons. The largest absolute Gasteiger partial charge is 0.494 e. The molecule has 0 aliphatic carbocycles. The van der Waals surface area contributed by atoms with E-state index >= 15 is 0 Å². The van der Waals surface area contributed by atoms with E-state index in [1.54, 1.807) is 36.4 Å². The molecule has 65 heavy (non-hydrogen) atoms. The number of amides is 4. The Morgan fingerprint density at radius 1 is 0.677 bits per heavy atom. The number of fused-ring (bicyclic) bond motifs is 2. The molecule has 0 spiro atoms. The third-order valence-electron chi connectivity index (χ3n) is 12.1. The van der Waals surface area contributed by atoms with E-state index < -0.39 is 39.5 Å². The number of ether oxygens (including phenoxy) is 3. The normalized spacial score (nSPS) is 16.7. The third-order valence-corrected chi connectivity index (χ3v) is 13.3. The van der Waals surface area contributed by atoms with E-state index in [4.69, 9.17) is 14.2 Å². The standard InChI is InChI=1S/C51H48N4O9S/c1-65(60,61)41-18-9-35(10-19-41)42-20-11-36-31-40(63-33-34-7-3-2-4-8-34)17-22-43(36)48(42)64-39-15-13-38(14-16-39)62-30-6-5-25-53-26-28-54(29-27-53)37-12-21-44-45(32-37)51(59)55(50(44)58)46-23-24-47(56)52-49(46)57/h2-4,7-22,31-32,46H,5-6,23-30,33H2,1H3,(H,52,56,57). The van der Waals surface area contributed by atoms with Crippen LogP contribution in [0, 0.1) is 0 Å². The summed E-state index contributed by atoms with van der Waals surface area (Å²) in [4.78, 5) is 56.4. The number of rotatable bonds is 15. The van der Waals surface area contributed by atoms with Crippen molar-refractivity contribution in [1.29, 1.82) is 0 Å². The number of unbranched alkanes of at least 4 members (excludes halogenated alkanes) is 1. The second kappa shape index (κ2) is 18.6. The Labute approximate surface area is 377 Å². The van der Waals surface area contributed by atoms with Gasteiger partial charge < -0.3 is 19.1 Å². The highest BCUT2D eigenvalue weighted by atomic mass is 32.2. The van der Waals surface area contributed by atoms with Gasteiger partial charge in [0.15, 0.2) is 9.84 Å². The summed E-state index contributed by atoms with van der Waals surface area (Å²) in [6.07, 6.45) is 3.23. The van der Waals surface area contributed by atoms with Crippen molar-refractivity contribution in [2.24, 2.45) is 0 Å². The van der Waals surface area contributed by atoms with Crippen LogP contribution in [0.15, 0.2) is 132 Å². The van der Waals surface area contributed by atoms with Gasteiger partial charge in [0.25, 0.3) is 11.8 Å². The minimum Gasteiger partial charge on any atom is -0.494 e. The Bertz CT molecular complexity index is 2880. The van der Waals surface area contributed by atoms with Gasteiger partial charge in [0.2, 0.25) is 11.8 Å². The lowest BCUT2D eigenvalue weighted by Crippen LogP contribution is -2.54. The van der Waals surface area contributed by atoms with Gasteiger partial charge in [-0.2, -0.15) is 0 Å². The van der Waals surface area contributed by atoms with Crippen LogP contribution in [-0.2, 0) is 26.0 Å². The van der Waals surface area contributed by atoms with Gasteiger partial charge >= 0.3 is 0 Å². The number of imide groups is 2. The van der Waals surface area contributed by atoms with Gasteiger partial charge in [-0.15, -0.1) is 0 Å². The highest BCUT2D eigenvalue weighted by Gasteiger charge is 2.44. The topological polar surface area (TPSA) is 152 Å². The van der Waals surface area contributed by atoms with Crippen molar-refractivity contribution in [3.63, 3.8) is 0 Å². The molecule has 1 atom stereocenters. The van der Waals surface area contributed by atoms with Crippen LogP contribution < -0.4 is 24.4 Å². The summed E-state index contributed by atoms with van der Waals surface area (Å²) < 4.78 is 43.3. The Morgan fingerprint density at radius 2 is 1.38 bits per heavy atom. The zero-order chi connectivity index (χ0) is 45.1. The molecule has 4 amide bonds. The lowest BCUT2D eigenvalue weighted by molar-refractivity contribution is -0.136. The van der Waals surface area contributed by atoms with Gasteiger partial charge in [-0.05, 0) is 121 Å². The van der Waals surface area contributed by atoms with E-state index in [1.807, 2.05) is 91.0 Å². The molecule has 1 unspecified atom stereocenters. The number of piperazine rings is 1. The molecule has 1 N–H and O–H groups in total. The van der Waals surface area contributed by atoms with Crippen LogP contribution in [0.25, 0.3) is 21.9 Å². The molecule has 6 aromatic rings. The number of carbonyl (C=O) groups is 4. The summed E-state index contributed by atoms with van der Waals surface area (Å²) in [7, 11) is -3.36. The number of piperidine rings is 1. The van der Waals surface area contributed by atoms with Crippen molar-refractivity contribution in [3.8, 4) is 34.1 Å². The molecule has 3 heterocycles. The summed E-state index contributed by atoms with van der Waals surface area (Å²) in [6.45, 7) is 5.16. The van der Waals surface area contributed by atoms with Crippen molar-refractivity contribution >= 4 is 49.9 Å². The fourth-order valence-electron chi connectivity index (χ4n) is 8.56. The van der Waals surface area contributed by atoms with Gasteiger partial charge in [0.05, 0.1) is 22.6 Å². The average molecular weight is 893 g/mol. The van der Waals surface area contributed by atoms with Gasteiger partial charge in [0.1, 0.15) is 35.6 Å². The summed E-state index contributed by atoms with van der Waals surface area (Å²) in [6, 6.07) is 38.5. The van der Waals surface area contributed by atoms with Crippen LogP contribution in [0.1, 0.15) is 52.0 Å². The van der Waals surface area contributed by atoms with E-state index in [2.05, 4.69) is 15.1 Å². The van der Waals surface area contributed by atoms with Crippen LogP contribution >= 0.6 is 0 Å². The molecule has 9 rings (SSSR count). The number of hydrogen-bond acceptors (Lipinski definition) is 11. The van der Waals surface area contributed by atoms with Gasteiger partial charge in [-0.3, -0.25) is 34.3 Å². The Hall–Kier alpha value is -7.03. The van der Waals surface area contributed by atoms with Crippen LogP contribution in [0.3, 0.4) is 0 Å². The second-order valence-corrected chi connectivity index (χ2v) is 18.5. The first kappa shape index (κ1) is 43.2. The number of nitrogens with one attached hydrogen (secondary N) is 1. The molecule has 2 saturated heterocycles. The van der Waals surface area contributed by atoms with Gasteiger partial charge in [-0.1, -0.05) is 48.5 Å². The van der Waals surface area contributed by atoms with Gasteiger partial charge in [-0.25, -0.2) is 8.42 Å². The van der Waals surface area contributed by atoms with E-state index in [0.717, 1.165) is 95.1 Å². The van der Waals surface area contributed by atoms with Gasteiger partial charge in [0, 0.05) is 55.5 Å². The molecule has 3 aliphatic heterocycles. The van der Waals surface area contributed by atoms with E-state index in [0.29, 0.717) is 24.7 Å². The highest BCUT2D eigenvalue weighted by Crippen LogP contribution is 2.41. The Balaban J connectivity index is 0.776.